The molecule has 14 heavy (non-hydrogen) atoms. The van der Waals surface area contributed by atoms with E-state index in [2.05, 4.69) is 0 Å². The number of nitrogens with two attached hydrogens (primary N) is 1. The number of amides is 1. The van der Waals surface area contributed by atoms with E-state index in [1.165, 1.54) is 0 Å². The van der Waals surface area contributed by atoms with Gasteiger partial charge in [-0.1, -0.05) is 13.3 Å². The van der Waals surface area contributed by atoms with Gasteiger partial charge in [0.1, 0.15) is 0 Å². The molecule has 0 aliphatic heterocycles. The van der Waals surface area contributed by atoms with E-state index in [1.54, 1.807) is 16.7 Å². The number of thioether (sulfide) groups is 1. The largest absolute Gasteiger partial charge is 0.341 e. The highest BCUT2D eigenvalue weighted by molar-refractivity contribution is 7.98. The van der Waals surface area contributed by atoms with Gasteiger partial charge in [-0.15, -0.1) is 0 Å². The van der Waals surface area contributed by atoms with Crippen LogP contribution in [0.15, 0.2) is 0 Å². The Balaban J connectivity index is 4.09. The smallest absolute Gasteiger partial charge is 0.239 e. The van der Waals surface area contributed by atoms with E-state index in [9.17, 15) is 4.79 Å². The number of hydrogen-bond acceptors (Lipinski definition) is 3. The second kappa shape index (κ2) is 7.12. The fourth-order valence-electron chi connectivity index (χ4n) is 1.27. The van der Waals surface area contributed by atoms with Crippen molar-refractivity contribution < 1.29 is 4.79 Å². The van der Waals surface area contributed by atoms with Gasteiger partial charge < -0.3 is 10.6 Å². The molecule has 0 spiro atoms. The number of carbonyl (C=O) groups excluding carboxylic acids is 1. The van der Waals surface area contributed by atoms with Crippen LogP contribution in [0, 0.1) is 0 Å². The fraction of sp³-hybridized carbons (Fsp3) is 0.900. The Morgan fingerprint density at radius 2 is 2.14 bits per heavy atom. The third-order valence-corrected chi connectivity index (χ3v) is 3.15. The minimum atomic E-state index is -0.325. The van der Waals surface area contributed by atoms with Crippen LogP contribution in [0.5, 0.6) is 0 Å². The maximum absolute atomic E-state index is 11.7. The van der Waals surface area contributed by atoms with Gasteiger partial charge in [-0.25, -0.2) is 0 Å². The fourth-order valence-corrected chi connectivity index (χ4v) is 1.97. The average molecular weight is 218 g/mol. The molecule has 0 aromatic heterocycles. The Hall–Kier alpha value is -0.220. The van der Waals surface area contributed by atoms with E-state index >= 15 is 0 Å². The van der Waals surface area contributed by atoms with Crippen LogP contribution >= 0.6 is 11.8 Å². The Kier molecular flexibility index (Phi) is 7.01. The van der Waals surface area contributed by atoms with Crippen LogP contribution in [-0.4, -0.2) is 41.9 Å². The van der Waals surface area contributed by atoms with Crippen molar-refractivity contribution in [2.75, 3.05) is 19.1 Å². The third kappa shape index (κ3) is 4.33. The number of nitrogens with zero attached hydrogens (tertiary/aromatic N) is 1. The molecule has 1 amide bonds. The summed E-state index contributed by atoms with van der Waals surface area (Å²) in [4.78, 5) is 13.5. The molecule has 0 saturated heterocycles. The van der Waals surface area contributed by atoms with E-state index in [0.717, 1.165) is 18.6 Å². The van der Waals surface area contributed by atoms with Crippen molar-refractivity contribution in [1.82, 2.24) is 4.90 Å². The van der Waals surface area contributed by atoms with Gasteiger partial charge in [0.2, 0.25) is 5.91 Å². The molecule has 2 N–H and O–H groups in total. The predicted molar refractivity (Wildman–Crippen MR) is 63.5 cm³/mol. The number of rotatable bonds is 6. The Labute approximate surface area is 91.4 Å². The van der Waals surface area contributed by atoms with Gasteiger partial charge >= 0.3 is 0 Å². The van der Waals surface area contributed by atoms with Crippen molar-refractivity contribution in [1.29, 1.82) is 0 Å². The summed E-state index contributed by atoms with van der Waals surface area (Å²) in [5.74, 6) is 1.02. The summed E-state index contributed by atoms with van der Waals surface area (Å²) in [6.07, 6.45) is 3.77. The summed E-state index contributed by atoms with van der Waals surface area (Å²) in [5, 5.41) is 0. The number of likely N-dealkylation sites (N-methyl/N-ethyl adjacent to an activating group) is 1. The molecule has 0 heterocycles. The Morgan fingerprint density at radius 3 is 2.57 bits per heavy atom. The minimum Gasteiger partial charge on any atom is -0.341 e. The standard InChI is InChI=1S/C10H22N2OS/c1-5-6-9(11)10(13)12(3)8(2)7-14-4/h8-9H,5-7,11H2,1-4H3/t8?,9-/m1/s1. The van der Waals surface area contributed by atoms with Gasteiger partial charge in [0.05, 0.1) is 6.04 Å². The topological polar surface area (TPSA) is 46.3 Å². The molecule has 0 bridgehead atoms. The van der Waals surface area contributed by atoms with E-state index in [4.69, 9.17) is 5.73 Å². The first-order chi connectivity index (χ1) is 6.54. The van der Waals surface area contributed by atoms with Gasteiger partial charge in [0.15, 0.2) is 0 Å². The first-order valence-electron chi connectivity index (χ1n) is 5.05. The molecule has 0 aliphatic carbocycles. The number of hydrogen-bond donors (Lipinski definition) is 1. The van der Waals surface area contributed by atoms with Gasteiger partial charge in [-0.3, -0.25) is 4.79 Å². The van der Waals surface area contributed by atoms with E-state index in [0.29, 0.717) is 0 Å². The minimum absolute atomic E-state index is 0.0633. The van der Waals surface area contributed by atoms with Crippen molar-refractivity contribution in [3.8, 4) is 0 Å². The average Bonchev–Trinajstić information content (AvgIpc) is 2.16. The summed E-state index contributed by atoms with van der Waals surface area (Å²) in [7, 11) is 1.83. The zero-order valence-corrected chi connectivity index (χ0v) is 10.4. The highest BCUT2D eigenvalue weighted by Gasteiger charge is 2.20. The molecule has 1 unspecified atom stereocenters. The molecule has 2 atom stereocenters. The molecule has 0 saturated carbocycles. The van der Waals surface area contributed by atoms with Crippen LogP contribution in [0.4, 0.5) is 0 Å². The van der Waals surface area contributed by atoms with E-state index in [1.807, 2.05) is 27.2 Å². The lowest BCUT2D eigenvalue weighted by atomic mass is 10.1. The quantitative estimate of drug-likeness (QED) is 0.731. The monoisotopic (exact) mass is 218 g/mol. The Morgan fingerprint density at radius 1 is 1.57 bits per heavy atom. The molecule has 0 rings (SSSR count). The van der Waals surface area contributed by atoms with Gasteiger partial charge in [-0.05, 0) is 19.6 Å². The van der Waals surface area contributed by atoms with Crippen LogP contribution in [-0.2, 0) is 4.79 Å². The SMILES string of the molecule is CCC[C@@H](N)C(=O)N(C)C(C)CSC. The first-order valence-corrected chi connectivity index (χ1v) is 6.45. The lowest BCUT2D eigenvalue weighted by molar-refractivity contribution is -0.132. The molecule has 3 nitrogen and oxygen atoms in total. The maximum atomic E-state index is 11.7. The second-order valence-electron chi connectivity index (χ2n) is 3.65. The van der Waals surface area contributed by atoms with Gasteiger partial charge in [0, 0.05) is 18.8 Å². The van der Waals surface area contributed by atoms with Crippen LogP contribution in [0.25, 0.3) is 0 Å². The summed E-state index contributed by atoms with van der Waals surface area (Å²) < 4.78 is 0. The second-order valence-corrected chi connectivity index (χ2v) is 4.56. The first kappa shape index (κ1) is 13.8. The van der Waals surface area contributed by atoms with Crippen LogP contribution in [0.1, 0.15) is 26.7 Å². The van der Waals surface area contributed by atoms with Gasteiger partial charge in [-0.2, -0.15) is 11.8 Å². The normalized spacial score (nSPS) is 14.9. The molecule has 0 aliphatic rings. The zero-order valence-electron chi connectivity index (χ0n) is 9.62. The van der Waals surface area contributed by atoms with E-state index in [-0.39, 0.29) is 18.0 Å². The molecular weight excluding hydrogens is 196 g/mol. The van der Waals surface area contributed by atoms with Crippen molar-refractivity contribution in [2.24, 2.45) is 5.73 Å². The third-order valence-electron chi connectivity index (χ3n) is 2.33. The molecule has 0 aromatic rings. The number of carbonyl (C=O) groups is 1. The van der Waals surface area contributed by atoms with Crippen LogP contribution < -0.4 is 5.73 Å². The van der Waals surface area contributed by atoms with E-state index < -0.39 is 0 Å². The molecule has 4 heteroatoms. The van der Waals surface area contributed by atoms with Crippen LogP contribution in [0.3, 0.4) is 0 Å². The summed E-state index contributed by atoms with van der Waals surface area (Å²) in [6.45, 7) is 4.09. The summed E-state index contributed by atoms with van der Waals surface area (Å²) >= 11 is 1.75. The molecule has 84 valence electrons. The lowest BCUT2D eigenvalue weighted by Gasteiger charge is -2.27. The van der Waals surface area contributed by atoms with Crippen molar-refractivity contribution in [2.45, 2.75) is 38.8 Å². The van der Waals surface area contributed by atoms with Crippen molar-refractivity contribution in [3.05, 3.63) is 0 Å². The summed E-state index contributed by atoms with van der Waals surface area (Å²) in [6, 6.07) is -0.0605. The molecular formula is C10H22N2OS. The summed E-state index contributed by atoms with van der Waals surface area (Å²) in [5.41, 5.74) is 5.76. The molecule has 0 fully saturated rings. The van der Waals surface area contributed by atoms with Gasteiger partial charge in [0.25, 0.3) is 0 Å². The molecule has 0 aromatic carbocycles. The predicted octanol–water partition coefficient (Wildman–Crippen LogP) is 1.32. The highest BCUT2D eigenvalue weighted by atomic mass is 32.2. The van der Waals surface area contributed by atoms with Crippen molar-refractivity contribution >= 4 is 17.7 Å². The lowest BCUT2D eigenvalue weighted by Crippen LogP contribution is -2.46. The zero-order chi connectivity index (χ0) is 11.1. The maximum Gasteiger partial charge on any atom is 0.239 e. The van der Waals surface area contributed by atoms with Crippen molar-refractivity contribution in [3.63, 3.8) is 0 Å². The van der Waals surface area contributed by atoms with Crippen LogP contribution in [0.2, 0.25) is 0 Å². The Bertz CT molecular complexity index is 176. The molecule has 0 radical (unpaired) electrons. The highest BCUT2D eigenvalue weighted by Crippen LogP contribution is 2.06.